The second-order valence-electron chi connectivity index (χ2n) is 8.88. The Balaban J connectivity index is 1.16. The molecule has 1 aliphatic rings. The first-order valence-corrected chi connectivity index (χ1v) is 12.5. The van der Waals surface area contributed by atoms with E-state index >= 15 is 0 Å². The van der Waals surface area contributed by atoms with Gasteiger partial charge in [0, 0.05) is 47.0 Å². The SMILES string of the molecule is O=C(NCCC[NH+]1CCN(c2cccc(Cl)c2)CC1)c1cc(-c2ccncc2)nc2ccccc12. The van der Waals surface area contributed by atoms with Gasteiger partial charge in [0.25, 0.3) is 5.91 Å². The van der Waals surface area contributed by atoms with E-state index in [0.717, 1.165) is 66.3 Å². The zero-order valence-electron chi connectivity index (χ0n) is 19.6. The maximum atomic E-state index is 13.1. The number of carbonyl (C=O) groups excluding carboxylic acids is 1. The van der Waals surface area contributed by atoms with Gasteiger partial charge in [0.15, 0.2) is 0 Å². The number of anilines is 1. The summed E-state index contributed by atoms with van der Waals surface area (Å²) in [6.45, 7) is 5.91. The Kier molecular flexibility index (Phi) is 7.21. The van der Waals surface area contributed by atoms with E-state index in [1.54, 1.807) is 17.3 Å². The highest BCUT2D eigenvalue weighted by atomic mass is 35.5. The number of fused-ring (bicyclic) bond motifs is 1. The first-order valence-electron chi connectivity index (χ1n) is 12.1. The van der Waals surface area contributed by atoms with E-state index in [9.17, 15) is 4.79 Å². The van der Waals surface area contributed by atoms with Crippen molar-refractivity contribution in [3.63, 3.8) is 0 Å². The van der Waals surface area contributed by atoms with E-state index in [1.807, 2.05) is 60.7 Å². The first kappa shape index (κ1) is 23.3. The van der Waals surface area contributed by atoms with Gasteiger partial charge in [-0.15, -0.1) is 0 Å². The lowest BCUT2D eigenvalue weighted by Gasteiger charge is -2.33. The molecule has 178 valence electrons. The van der Waals surface area contributed by atoms with Crippen molar-refractivity contribution in [3.8, 4) is 11.3 Å². The molecule has 0 unspecified atom stereocenters. The molecule has 0 bridgehead atoms. The Morgan fingerprint density at radius 2 is 1.80 bits per heavy atom. The Hall–Kier alpha value is -3.48. The Morgan fingerprint density at radius 1 is 1.00 bits per heavy atom. The molecule has 1 amide bonds. The normalized spacial score (nSPS) is 14.3. The maximum absolute atomic E-state index is 13.1. The van der Waals surface area contributed by atoms with Gasteiger partial charge in [0.1, 0.15) is 0 Å². The smallest absolute Gasteiger partial charge is 0.252 e. The molecule has 2 aromatic heterocycles. The number of halogens is 1. The van der Waals surface area contributed by atoms with Crippen LogP contribution in [0.15, 0.2) is 79.1 Å². The molecular weight excluding hydrogens is 458 g/mol. The molecule has 2 N–H and O–H groups in total. The van der Waals surface area contributed by atoms with Crippen molar-refractivity contribution >= 4 is 34.1 Å². The van der Waals surface area contributed by atoms with Crippen LogP contribution < -0.4 is 15.1 Å². The van der Waals surface area contributed by atoms with Gasteiger partial charge in [-0.1, -0.05) is 35.9 Å². The molecule has 3 heterocycles. The molecule has 1 fully saturated rings. The van der Waals surface area contributed by atoms with Crippen LogP contribution in [0.3, 0.4) is 0 Å². The van der Waals surface area contributed by atoms with Gasteiger partial charge < -0.3 is 15.1 Å². The van der Waals surface area contributed by atoms with Gasteiger partial charge >= 0.3 is 0 Å². The van der Waals surface area contributed by atoms with Crippen molar-refractivity contribution in [1.82, 2.24) is 15.3 Å². The molecular formula is C28H29ClN5O+. The van der Waals surface area contributed by atoms with Crippen LogP contribution in [0, 0.1) is 0 Å². The number of rotatable bonds is 7. The van der Waals surface area contributed by atoms with Gasteiger partial charge in [0.05, 0.1) is 49.5 Å². The third-order valence-electron chi connectivity index (χ3n) is 6.57. The zero-order valence-corrected chi connectivity index (χ0v) is 20.3. The fraction of sp³-hybridized carbons (Fsp3) is 0.250. The topological polar surface area (TPSA) is 62.6 Å². The second kappa shape index (κ2) is 10.8. The number of aromatic nitrogens is 2. The van der Waals surface area contributed by atoms with Crippen LogP contribution in [0.4, 0.5) is 5.69 Å². The van der Waals surface area contributed by atoms with E-state index in [1.165, 1.54) is 5.69 Å². The van der Waals surface area contributed by atoms with Crippen molar-refractivity contribution in [1.29, 1.82) is 0 Å². The van der Waals surface area contributed by atoms with Gasteiger partial charge in [0.2, 0.25) is 0 Å². The summed E-state index contributed by atoms with van der Waals surface area (Å²) in [6.07, 6.45) is 4.42. The minimum Gasteiger partial charge on any atom is -0.360 e. The molecule has 7 heteroatoms. The quantitative estimate of drug-likeness (QED) is 0.393. The Morgan fingerprint density at radius 3 is 2.60 bits per heavy atom. The van der Waals surface area contributed by atoms with Crippen LogP contribution in [-0.2, 0) is 0 Å². The van der Waals surface area contributed by atoms with Gasteiger partial charge in [-0.3, -0.25) is 9.78 Å². The molecule has 1 aliphatic heterocycles. The van der Waals surface area contributed by atoms with Crippen molar-refractivity contribution < 1.29 is 9.69 Å². The number of quaternary nitrogens is 1. The number of benzene rings is 2. The van der Waals surface area contributed by atoms with Gasteiger partial charge in [-0.2, -0.15) is 0 Å². The number of amides is 1. The van der Waals surface area contributed by atoms with Gasteiger partial charge in [-0.05, 0) is 42.5 Å². The summed E-state index contributed by atoms with van der Waals surface area (Å²) in [5, 5.41) is 4.78. The maximum Gasteiger partial charge on any atom is 0.252 e. The first-order chi connectivity index (χ1) is 17.2. The summed E-state index contributed by atoms with van der Waals surface area (Å²) in [5.74, 6) is -0.0559. The molecule has 0 spiro atoms. The predicted octanol–water partition coefficient (Wildman–Crippen LogP) is 3.48. The van der Waals surface area contributed by atoms with E-state index in [4.69, 9.17) is 16.6 Å². The zero-order chi connectivity index (χ0) is 24.0. The lowest BCUT2D eigenvalue weighted by Crippen LogP contribution is -3.15. The molecule has 6 nitrogen and oxygen atoms in total. The average molecular weight is 487 g/mol. The summed E-state index contributed by atoms with van der Waals surface area (Å²) in [4.78, 5) is 26.0. The number of pyridine rings is 2. The number of para-hydroxylation sites is 1. The highest BCUT2D eigenvalue weighted by molar-refractivity contribution is 6.30. The molecule has 35 heavy (non-hydrogen) atoms. The molecule has 2 aromatic carbocycles. The molecule has 0 atom stereocenters. The summed E-state index contributed by atoms with van der Waals surface area (Å²) in [5.41, 5.74) is 4.39. The number of nitrogens with one attached hydrogen (secondary N) is 2. The van der Waals surface area contributed by atoms with Crippen LogP contribution in [0.5, 0.6) is 0 Å². The van der Waals surface area contributed by atoms with Crippen LogP contribution in [0.1, 0.15) is 16.8 Å². The third kappa shape index (κ3) is 5.61. The summed E-state index contributed by atoms with van der Waals surface area (Å²) < 4.78 is 0. The minimum absolute atomic E-state index is 0.0559. The van der Waals surface area contributed by atoms with Crippen molar-refractivity contribution in [3.05, 3.63) is 89.7 Å². The van der Waals surface area contributed by atoms with E-state index in [2.05, 4.69) is 21.3 Å². The lowest BCUT2D eigenvalue weighted by molar-refractivity contribution is -0.900. The summed E-state index contributed by atoms with van der Waals surface area (Å²) in [6, 6.07) is 21.6. The van der Waals surface area contributed by atoms with Crippen LogP contribution in [0.25, 0.3) is 22.2 Å². The molecule has 1 saturated heterocycles. The predicted molar refractivity (Wildman–Crippen MR) is 141 cm³/mol. The standard InChI is InChI=1S/C28H28ClN5O/c29-22-5-3-6-23(19-22)34-17-15-33(16-18-34)14-4-11-31-28(35)25-20-27(21-9-12-30-13-10-21)32-26-8-2-1-7-24(25)26/h1-3,5-10,12-13,19-20H,4,11,14-18H2,(H,31,35)/p+1. The van der Waals surface area contributed by atoms with E-state index in [0.29, 0.717) is 12.1 Å². The molecule has 0 radical (unpaired) electrons. The fourth-order valence-corrected chi connectivity index (χ4v) is 4.86. The van der Waals surface area contributed by atoms with Crippen LogP contribution in [0.2, 0.25) is 5.02 Å². The second-order valence-corrected chi connectivity index (χ2v) is 9.32. The number of nitrogens with zero attached hydrogens (tertiary/aromatic N) is 3. The van der Waals surface area contributed by atoms with Crippen molar-refractivity contribution in [2.75, 3.05) is 44.2 Å². The Bertz CT molecular complexity index is 1310. The molecule has 0 aliphatic carbocycles. The van der Waals surface area contributed by atoms with Crippen LogP contribution >= 0.6 is 11.6 Å². The van der Waals surface area contributed by atoms with E-state index in [-0.39, 0.29) is 5.91 Å². The monoisotopic (exact) mass is 486 g/mol. The largest absolute Gasteiger partial charge is 0.360 e. The third-order valence-corrected chi connectivity index (χ3v) is 6.81. The molecule has 5 rings (SSSR count). The molecule has 0 saturated carbocycles. The Labute approximate surface area is 210 Å². The fourth-order valence-electron chi connectivity index (χ4n) is 4.67. The number of piperazine rings is 1. The number of hydrogen-bond donors (Lipinski definition) is 2. The minimum atomic E-state index is -0.0559. The van der Waals surface area contributed by atoms with Crippen molar-refractivity contribution in [2.24, 2.45) is 0 Å². The highest BCUT2D eigenvalue weighted by Crippen LogP contribution is 2.24. The van der Waals surface area contributed by atoms with Crippen molar-refractivity contribution in [2.45, 2.75) is 6.42 Å². The van der Waals surface area contributed by atoms with Gasteiger partial charge in [-0.25, -0.2) is 4.98 Å². The number of hydrogen-bond acceptors (Lipinski definition) is 4. The lowest BCUT2D eigenvalue weighted by atomic mass is 10.0. The van der Waals surface area contributed by atoms with E-state index < -0.39 is 0 Å². The number of carbonyl (C=O) groups is 1. The summed E-state index contributed by atoms with van der Waals surface area (Å²) >= 11 is 6.15. The van der Waals surface area contributed by atoms with Crippen LogP contribution in [-0.4, -0.2) is 55.1 Å². The summed E-state index contributed by atoms with van der Waals surface area (Å²) in [7, 11) is 0. The molecule has 4 aromatic rings. The average Bonchev–Trinajstić information content (AvgIpc) is 2.91. The highest BCUT2D eigenvalue weighted by Gasteiger charge is 2.20.